The number of amides is 1. The minimum Gasteiger partial charge on any atom is -0.497 e. The molecule has 0 aliphatic carbocycles. The summed E-state index contributed by atoms with van der Waals surface area (Å²) in [7, 11) is 1.67. The van der Waals surface area contributed by atoms with Gasteiger partial charge in [-0.2, -0.15) is 0 Å². The van der Waals surface area contributed by atoms with Gasteiger partial charge in [-0.3, -0.25) is 4.79 Å². The maximum atomic E-state index is 13.5. The lowest BCUT2D eigenvalue weighted by Crippen LogP contribution is -2.52. The molecule has 2 aliphatic rings. The second-order valence-electron chi connectivity index (χ2n) is 9.40. The first-order valence-corrected chi connectivity index (χ1v) is 12.6. The number of aryl methyl sites for hydroxylation is 1. The average Bonchev–Trinajstić information content (AvgIpc) is 2.94. The molecule has 188 valence electrons. The molecule has 3 aromatic rings. The molecule has 1 amide bonds. The first-order valence-electron chi connectivity index (χ1n) is 12.6. The van der Waals surface area contributed by atoms with E-state index in [0.29, 0.717) is 18.2 Å². The predicted octanol–water partition coefficient (Wildman–Crippen LogP) is 4.15. The zero-order valence-electron chi connectivity index (χ0n) is 21.0. The van der Waals surface area contributed by atoms with E-state index in [1.165, 1.54) is 5.56 Å². The van der Waals surface area contributed by atoms with Gasteiger partial charge in [-0.05, 0) is 56.2 Å². The highest BCUT2D eigenvalue weighted by atomic mass is 16.5. The van der Waals surface area contributed by atoms with Gasteiger partial charge < -0.3 is 24.2 Å². The van der Waals surface area contributed by atoms with Gasteiger partial charge >= 0.3 is 0 Å². The van der Waals surface area contributed by atoms with Crippen molar-refractivity contribution in [1.82, 2.24) is 14.9 Å². The third-order valence-corrected chi connectivity index (χ3v) is 6.98. The first-order chi connectivity index (χ1) is 17.6. The van der Waals surface area contributed by atoms with Crippen LogP contribution in [0.3, 0.4) is 0 Å². The number of aromatic nitrogens is 2. The fourth-order valence-electron chi connectivity index (χ4n) is 4.93. The Kier molecular flexibility index (Phi) is 7.21. The van der Waals surface area contributed by atoms with Crippen molar-refractivity contribution in [3.63, 3.8) is 0 Å². The molecule has 8 heteroatoms. The number of anilines is 2. The van der Waals surface area contributed by atoms with Crippen molar-refractivity contribution in [2.75, 3.05) is 56.2 Å². The van der Waals surface area contributed by atoms with E-state index in [0.717, 1.165) is 62.8 Å². The number of piperidine rings is 1. The number of carbonyl (C=O) groups is 1. The minimum absolute atomic E-state index is 0.0551. The molecule has 1 unspecified atom stereocenters. The number of piperazine rings is 1. The topological polar surface area (TPSA) is 71.0 Å². The third-order valence-electron chi connectivity index (χ3n) is 6.98. The molecule has 5 rings (SSSR count). The number of nitrogens with zero attached hydrogens (tertiary/aromatic N) is 5. The summed E-state index contributed by atoms with van der Waals surface area (Å²) >= 11 is 0. The van der Waals surface area contributed by atoms with Crippen molar-refractivity contribution in [2.24, 2.45) is 5.92 Å². The van der Waals surface area contributed by atoms with Gasteiger partial charge in [0.1, 0.15) is 11.5 Å². The van der Waals surface area contributed by atoms with E-state index in [1.54, 1.807) is 19.5 Å². The Bertz CT molecular complexity index is 1160. The Morgan fingerprint density at radius 1 is 0.861 bits per heavy atom. The van der Waals surface area contributed by atoms with Crippen molar-refractivity contribution in [3.05, 3.63) is 66.5 Å². The van der Waals surface area contributed by atoms with Gasteiger partial charge in [-0.25, -0.2) is 9.97 Å². The molecular weight excluding hydrogens is 454 g/mol. The van der Waals surface area contributed by atoms with Gasteiger partial charge in [0, 0.05) is 57.3 Å². The Labute approximate surface area is 212 Å². The van der Waals surface area contributed by atoms with Crippen LogP contribution in [-0.4, -0.2) is 67.2 Å². The van der Waals surface area contributed by atoms with Crippen LogP contribution < -0.4 is 19.3 Å². The van der Waals surface area contributed by atoms with Gasteiger partial charge in [0.15, 0.2) is 5.82 Å². The number of hydrogen-bond acceptors (Lipinski definition) is 7. The summed E-state index contributed by atoms with van der Waals surface area (Å²) in [6.45, 7) is 6.61. The van der Waals surface area contributed by atoms with Crippen LogP contribution in [0.15, 0.2) is 60.9 Å². The highest BCUT2D eigenvalue weighted by Crippen LogP contribution is 2.32. The monoisotopic (exact) mass is 487 g/mol. The van der Waals surface area contributed by atoms with Crippen LogP contribution in [0.4, 0.5) is 11.5 Å². The fourth-order valence-corrected chi connectivity index (χ4v) is 4.93. The zero-order valence-corrected chi connectivity index (χ0v) is 21.0. The number of carbonyl (C=O) groups excluding carboxylic acids is 1. The summed E-state index contributed by atoms with van der Waals surface area (Å²) in [6, 6.07) is 16.0. The van der Waals surface area contributed by atoms with E-state index in [2.05, 4.69) is 31.9 Å². The van der Waals surface area contributed by atoms with E-state index in [9.17, 15) is 4.79 Å². The van der Waals surface area contributed by atoms with Crippen molar-refractivity contribution in [3.8, 4) is 17.4 Å². The molecular formula is C28H33N5O3. The van der Waals surface area contributed by atoms with Crippen LogP contribution in [-0.2, 0) is 4.79 Å². The molecule has 0 N–H and O–H groups in total. The van der Waals surface area contributed by atoms with Gasteiger partial charge in [-0.15, -0.1) is 0 Å². The number of methoxy groups -OCH3 is 1. The van der Waals surface area contributed by atoms with Gasteiger partial charge in [0.2, 0.25) is 5.91 Å². The standard InChI is InChI=1S/C28H33N5O3/c1-21-5-9-25(10-6-21)36-27-26(29-13-14-30-27)33-15-3-4-22(20-33)28(34)32-18-16-31(17-19-32)23-7-11-24(35-2)12-8-23/h5-14,22H,3-4,15-20H2,1-2H3. The van der Waals surface area contributed by atoms with Crippen molar-refractivity contribution in [1.29, 1.82) is 0 Å². The predicted molar refractivity (Wildman–Crippen MR) is 140 cm³/mol. The maximum Gasteiger partial charge on any atom is 0.263 e. The van der Waals surface area contributed by atoms with Crippen molar-refractivity contribution >= 4 is 17.4 Å². The Morgan fingerprint density at radius 3 is 2.28 bits per heavy atom. The summed E-state index contributed by atoms with van der Waals surface area (Å²) in [5, 5.41) is 0. The molecule has 2 fully saturated rings. The molecule has 1 atom stereocenters. The second kappa shape index (κ2) is 10.8. The second-order valence-corrected chi connectivity index (χ2v) is 9.40. The first kappa shape index (κ1) is 23.9. The van der Waals surface area contributed by atoms with Crippen LogP contribution >= 0.6 is 0 Å². The quantitative estimate of drug-likeness (QED) is 0.517. The average molecular weight is 488 g/mol. The largest absolute Gasteiger partial charge is 0.497 e. The molecule has 36 heavy (non-hydrogen) atoms. The lowest BCUT2D eigenvalue weighted by molar-refractivity contribution is -0.136. The molecule has 8 nitrogen and oxygen atoms in total. The lowest BCUT2D eigenvalue weighted by atomic mass is 9.96. The zero-order chi connectivity index (χ0) is 24.9. The molecule has 2 aliphatic heterocycles. The molecule has 2 aromatic carbocycles. The van der Waals surface area contributed by atoms with Gasteiger partial charge in [0.05, 0.1) is 13.0 Å². The highest BCUT2D eigenvalue weighted by molar-refractivity contribution is 5.80. The third kappa shape index (κ3) is 5.37. The summed E-state index contributed by atoms with van der Waals surface area (Å²) in [4.78, 5) is 29.0. The fraction of sp³-hybridized carbons (Fsp3) is 0.393. The van der Waals surface area contributed by atoms with E-state index in [-0.39, 0.29) is 11.8 Å². The summed E-state index contributed by atoms with van der Waals surface area (Å²) in [6.07, 6.45) is 5.15. The van der Waals surface area contributed by atoms with Crippen LogP contribution in [0.5, 0.6) is 17.4 Å². The number of benzene rings is 2. The van der Waals surface area contributed by atoms with Crippen LogP contribution in [0.2, 0.25) is 0 Å². The molecule has 0 bridgehead atoms. The van der Waals surface area contributed by atoms with Crippen molar-refractivity contribution in [2.45, 2.75) is 19.8 Å². The van der Waals surface area contributed by atoms with Crippen LogP contribution in [0, 0.1) is 12.8 Å². The maximum absolute atomic E-state index is 13.5. The molecule has 3 heterocycles. The smallest absolute Gasteiger partial charge is 0.263 e. The van der Waals surface area contributed by atoms with E-state index in [1.807, 2.05) is 48.2 Å². The highest BCUT2D eigenvalue weighted by Gasteiger charge is 2.32. The molecule has 0 radical (unpaired) electrons. The Balaban J connectivity index is 1.21. The van der Waals surface area contributed by atoms with E-state index < -0.39 is 0 Å². The Hall–Kier alpha value is -3.81. The number of hydrogen-bond donors (Lipinski definition) is 0. The summed E-state index contributed by atoms with van der Waals surface area (Å²) in [5.74, 6) is 2.92. The minimum atomic E-state index is -0.0551. The van der Waals surface area contributed by atoms with E-state index >= 15 is 0 Å². The summed E-state index contributed by atoms with van der Waals surface area (Å²) < 4.78 is 11.3. The lowest BCUT2D eigenvalue weighted by Gasteiger charge is -2.40. The Morgan fingerprint density at radius 2 is 1.56 bits per heavy atom. The van der Waals surface area contributed by atoms with Crippen LogP contribution in [0.25, 0.3) is 0 Å². The van der Waals surface area contributed by atoms with E-state index in [4.69, 9.17) is 9.47 Å². The normalized spacial score (nSPS) is 18.2. The van der Waals surface area contributed by atoms with Crippen LogP contribution in [0.1, 0.15) is 18.4 Å². The molecule has 1 aromatic heterocycles. The van der Waals surface area contributed by atoms with Gasteiger partial charge in [-0.1, -0.05) is 17.7 Å². The molecule has 0 saturated carbocycles. The molecule has 0 spiro atoms. The van der Waals surface area contributed by atoms with Crippen molar-refractivity contribution < 1.29 is 14.3 Å². The van der Waals surface area contributed by atoms with Gasteiger partial charge in [0.25, 0.3) is 5.88 Å². The number of rotatable bonds is 6. The summed E-state index contributed by atoms with van der Waals surface area (Å²) in [5.41, 5.74) is 2.33. The SMILES string of the molecule is COc1ccc(N2CCN(C(=O)C3CCCN(c4nccnc4Oc4ccc(C)cc4)C3)CC2)cc1. The molecule has 2 saturated heterocycles. The number of ether oxygens (including phenoxy) is 2.